The third kappa shape index (κ3) is 1.73. The van der Waals surface area contributed by atoms with Gasteiger partial charge in [-0.05, 0) is 0 Å². The average Bonchev–Trinajstić information content (AvgIpc) is 2.12. The van der Waals surface area contributed by atoms with Gasteiger partial charge < -0.3 is 10.6 Å². The van der Waals surface area contributed by atoms with Gasteiger partial charge in [0.25, 0.3) is 5.91 Å². The second-order valence-electron chi connectivity index (χ2n) is 2.78. The minimum absolute atomic E-state index is 0.0659. The van der Waals surface area contributed by atoms with Crippen LogP contribution in [0, 0.1) is 5.82 Å². The first-order chi connectivity index (χ1) is 7.00. The molecule has 8 heteroatoms. The smallest absolute Gasteiger partial charge is 0.258 e. The highest BCUT2D eigenvalue weighted by atomic mass is 35.5. The fourth-order valence-corrected chi connectivity index (χ4v) is 1.95. The van der Waals surface area contributed by atoms with Crippen molar-refractivity contribution in [2.75, 3.05) is 5.32 Å². The number of rotatable bonds is 0. The largest absolute Gasteiger partial charge is 0.354 e. The summed E-state index contributed by atoms with van der Waals surface area (Å²) in [6, 6.07) is 0. The third-order valence-corrected chi connectivity index (χ3v) is 2.61. The number of pyridine rings is 1. The Labute approximate surface area is 99.6 Å². The number of nitrogens with zero attached hydrogens (tertiary/aromatic N) is 1. The zero-order valence-electron chi connectivity index (χ0n) is 7.01. The molecule has 0 radical (unpaired) electrons. The van der Waals surface area contributed by atoms with Gasteiger partial charge in [0.1, 0.15) is 16.2 Å². The van der Waals surface area contributed by atoms with E-state index < -0.39 is 17.2 Å². The van der Waals surface area contributed by atoms with Crippen LogP contribution in [0.2, 0.25) is 10.3 Å². The quantitative estimate of drug-likeness (QED) is 0.497. The van der Waals surface area contributed by atoms with Crippen LogP contribution in [0.5, 0.6) is 0 Å². The fraction of sp³-hybridized carbons (Fsp3) is 0.143. The van der Waals surface area contributed by atoms with Crippen LogP contribution >= 0.6 is 35.8 Å². The molecule has 0 aromatic carbocycles. The van der Waals surface area contributed by atoms with Crippen LogP contribution in [0.3, 0.4) is 0 Å². The molecule has 2 rings (SSSR count). The molecule has 1 atom stereocenters. The molecule has 0 saturated carbocycles. The van der Waals surface area contributed by atoms with E-state index in [1.54, 1.807) is 0 Å². The maximum atomic E-state index is 13.5. The van der Waals surface area contributed by atoms with Crippen molar-refractivity contribution in [2.45, 2.75) is 5.50 Å². The molecular formula is C7H4Cl2FN3OS. The van der Waals surface area contributed by atoms with E-state index in [1.807, 2.05) is 0 Å². The Kier molecular flexibility index (Phi) is 2.66. The minimum Gasteiger partial charge on any atom is -0.354 e. The summed E-state index contributed by atoms with van der Waals surface area (Å²) >= 11 is 15.1. The molecule has 0 aliphatic carbocycles. The Balaban J connectivity index is 2.69. The number of thiol groups is 1. The first-order valence-corrected chi connectivity index (χ1v) is 5.08. The summed E-state index contributed by atoms with van der Waals surface area (Å²) in [4.78, 5) is 14.9. The highest BCUT2D eigenvalue weighted by molar-refractivity contribution is 7.81. The molecule has 15 heavy (non-hydrogen) atoms. The summed E-state index contributed by atoms with van der Waals surface area (Å²) in [5.41, 5.74) is -0.832. The van der Waals surface area contributed by atoms with Gasteiger partial charge in [-0.25, -0.2) is 9.37 Å². The predicted octanol–water partition coefficient (Wildman–Crippen LogP) is 1.90. The van der Waals surface area contributed by atoms with E-state index in [4.69, 9.17) is 23.2 Å². The third-order valence-electron chi connectivity index (χ3n) is 1.83. The van der Waals surface area contributed by atoms with Crippen molar-refractivity contribution in [3.8, 4) is 0 Å². The maximum Gasteiger partial charge on any atom is 0.258 e. The van der Waals surface area contributed by atoms with Crippen molar-refractivity contribution in [1.29, 1.82) is 0 Å². The molecule has 2 heterocycles. The summed E-state index contributed by atoms with van der Waals surface area (Å²) < 4.78 is 13.5. The monoisotopic (exact) mass is 267 g/mol. The Bertz CT molecular complexity index is 456. The topological polar surface area (TPSA) is 54.0 Å². The molecule has 0 bridgehead atoms. The van der Waals surface area contributed by atoms with E-state index in [-0.39, 0.29) is 21.6 Å². The van der Waals surface area contributed by atoms with Crippen LogP contribution in [0.25, 0.3) is 0 Å². The molecule has 1 aliphatic rings. The maximum absolute atomic E-state index is 13.5. The van der Waals surface area contributed by atoms with Crippen LogP contribution in [-0.4, -0.2) is 16.4 Å². The first kappa shape index (κ1) is 10.8. The van der Waals surface area contributed by atoms with Gasteiger partial charge in [-0.1, -0.05) is 23.2 Å². The zero-order chi connectivity index (χ0) is 11.2. The number of aromatic nitrogens is 1. The van der Waals surface area contributed by atoms with Crippen LogP contribution < -0.4 is 10.6 Å². The summed E-state index contributed by atoms with van der Waals surface area (Å²) in [6.07, 6.45) is 0. The Morgan fingerprint density at radius 1 is 1.33 bits per heavy atom. The number of fused-ring (bicyclic) bond motifs is 1. The number of halogens is 3. The molecule has 0 saturated heterocycles. The number of carbonyl (C=O) groups excluding carboxylic acids is 1. The molecule has 1 aromatic heterocycles. The lowest BCUT2D eigenvalue weighted by Crippen LogP contribution is -2.42. The molecule has 4 nitrogen and oxygen atoms in total. The first-order valence-electron chi connectivity index (χ1n) is 3.80. The zero-order valence-corrected chi connectivity index (χ0v) is 9.42. The van der Waals surface area contributed by atoms with Gasteiger partial charge in [-0.3, -0.25) is 4.79 Å². The van der Waals surface area contributed by atoms with Crippen molar-refractivity contribution in [1.82, 2.24) is 10.3 Å². The summed E-state index contributed by atoms with van der Waals surface area (Å²) in [5.74, 6) is -1.36. The lowest BCUT2D eigenvalue weighted by atomic mass is 10.2. The van der Waals surface area contributed by atoms with Gasteiger partial charge in [0.15, 0.2) is 11.0 Å². The van der Waals surface area contributed by atoms with E-state index in [0.717, 1.165) is 0 Å². The number of anilines is 1. The van der Waals surface area contributed by atoms with Gasteiger partial charge in [-0.15, -0.1) is 12.6 Å². The minimum atomic E-state index is -0.815. The molecular weight excluding hydrogens is 264 g/mol. The normalized spacial score (nSPS) is 19.2. The number of hydrogen-bond acceptors (Lipinski definition) is 4. The van der Waals surface area contributed by atoms with Crippen molar-refractivity contribution in [2.24, 2.45) is 0 Å². The van der Waals surface area contributed by atoms with Gasteiger partial charge in [-0.2, -0.15) is 0 Å². The van der Waals surface area contributed by atoms with E-state index in [2.05, 4.69) is 28.2 Å². The average molecular weight is 268 g/mol. The van der Waals surface area contributed by atoms with Crippen molar-refractivity contribution >= 4 is 47.4 Å². The number of carbonyl (C=O) groups is 1. The summed E-state index contributed by atoms with van der Waals surface area (Å²) in [7, 11) is 0. The van der Waals surface area contributed by atoms with E-state index in [1.165, 1.54) is 0 Å². The highest BCUT2D eigenvalue weighted by Crippen LogP contribution is 2.32. The molecule has 80 valence electrons. The predicted molar refractivity (Wildman–Crippen MR) is 58.1 cm³/mol. The standard InChI is InChI=1S/C7H4Cl2FN3OS/c8-4-1-3(2(10)5(9)12-4)11-7(15)13-6(1)14/h7,11,15H,(H,13,14). The van der Waals surface area contributed by atoms with Gasteiger partial charge in [0.2, 0.25) is 0 Å². The lowest BCUT2D eigenvalue weighted by molar-refractivity contribution is 0.0948. The number of nitrogens with one attached hydrogen (secondary N) is 2. The lowest BCUT2D eigenvalue weighted by Gasteiger charge is -2.24. The van der Waals surface area contributed by atoms with Gasteiger partial charge in [0.05, 0.1) is 5.69 Å². The summed E-state index contributed by atoms with van der Waals surface area (Å²) in [5, 5.41) is 4.45. The highest BCUT2D eigenvalue weighted by Gasteiger charge is 2.29. The molecule has 1 aromatic rings. The second kappa shape index (κ2) is 3.70. The van der Waals surface area contributed by atoms with E-state index in [0.29, 0.717) is 0 Å². The number of amides is 1. The fourth-order valence-electron chi connectivity index (χ4n) is 1.22. The Hall–Kier alpha value is -0.720. The van der Waals surface area contributed by atoms with Gasteiger partial charge >= 0.3 is 0 Å². The van der Waals surface area contributed by atoms with Crippen LogP contribution in [0.1, 0.15) is 10.4 Å². The molecule has 1 unspecified atom stereocenters. The molecule has 0 spiro atoms. The van der Waals surface area contributed by atoms with Crippen molar-refractivity contribution < 1.29 is 9.18 Å². The van der Waals surface area contributed by atoms with Crippen LogP contribution in [0.15, 0.2) is 0 Å². The summed E-state index contributed by atoms with van der Waals surface area (Å²) in [6.45, 7) is 0. The Morgan fingerprint density at radius 2 is 2.00 bits per heavy atom. The van der Waals surface area contributed by atoms with E-state index in [9.17, 15) is 9.18 Å². The molecule has 0 fully saturated rings. The molecule has 1 aliphatic heterocycles. The van der Waals surface area contributed by atoms with E-state index >= 15 is 0 Å². The van der Waals surface area contributed by atoms with Crippen LogP contribution in [0.4, 0.5) is 10.1 Å². The van der Waals surface area contributed by atoms with Crippen molar-refractivity contribution in [3.63, 3.8) is 0 Å². The number of hydrogen-bond donors (Lipinski definition) is 3. The Morgan fingerprint density at radius 3 is 2.67 bits per heavy atom. The van der Waals surface area contributed by atoms with Gasteiger partial charge in [0, 0.05) is 0 Å². The van der Waals surface area contributed by atoms with Crippen LogP contribution in [-0.2, 0) is 0 Å². The van der Waals surface area contributed by atoms with Crippen molar-refractivity contribution in [3.05, 3.63) is 21.7 Å². The SMILES string of the molecule is O=C1NC(S)Nc2c(F)c(Cl)nc(Cl)c21. The second-order valence-corrected chi connectivity index (χ2v) is 4.01. The molecule has 2 N–H and O–H groups in total. The molecule has 1 amide bonds.